The fourth-order valence-electron chi connectivity index (χ4n) is 2.97. The van der Waals surface area contributed by atoms with Crippen molar-refractivity contribution in [1.29, 1.82) is 0 Å². The summed E-state index contributed by atoms with van der Waals surface area (Å²) in [4.78, 5) is 18.3. The van der Waals surface area contributed by atoms with Crippen LogP contribution in [0.25, 0.3) is 0 Å². The van der Waals surface area contributed by atoms with E-state index in [4.69, 9.17) is 4.42 Å². The monoisotopic (exact) mass is 235 g/mol. The lowest BCUT2D eigenvalue weighted by Gasteiger charge is -2.31. The molecule has 5 nitrogen and oxygen atoms in total. The fourth-order valence-corrected chi connectivity index (χ4v) is 2.97. The first-order valence-electron chi connectivity index (χ1n) is 6.19. The van der Waals surface area contributed by atoms with Gasteiger partial charge in [0.2, 0.25) is 5.76 Å². The molecular formula is C12H17N3O2. The summed E-state index contributed by atoms with van der Waals surface area (Å²) in [5.74, 6) is 1.02. The van der Waals surface area contributed by atoms with E-state index in [1.165, 1.54) is 6.39 Å². The molecule has 2 fully saturated rings. The average molecular weight is 235 g/mol. The summed E-state index contributed by atoms with van der Waals surface area (Å²) in [6.07, 6.45) is 3.48. The first-order valence-corrected chi connectivity index (χ1v) is 6.19. The zero-order valence-electron chi connectivity index (χ0n) is 9.98. The Labute approximate surface area is 100 Å². The van der Waals surface area contributed by atoms with Crippen LogP contribution in [0.2, 0.25) is 0 Å². The van der Waals surface area contributed by atoms with Gasteiger partial charge in [-0.05, 0) is 38.8 Å². The van der Waals surface area contributed by atoms with E-state index in [1.54, 1.807) is 0 Å². The third kappa shape index (κ3) is 1.74. The van der Waals surface area contributed by atoms with Gasteiger partial charge in [0.05, 0.1) is 5.69 Å². The second-order valence-electron chi connectivity index (χ2n) is 4.87. The summed E-state index contributed by atoms with van der Waals surface area (Å²) in [5, 5.41) is 3.39. The number of hydrogen-bond acceptors (Lipinski definition) is 4. The van der Waals surface area contributed by atoms with E-state index in [9.17, 15) is 4.79 Å². The van der Waals surface area contributed by atoms with Gasteiger partial charge in [-0.3, -0.25) is 4.79 Å². The second-order valence-corrected chi connectivity index (χ2v) is 4.87. The molecule has 1 amide bonds. The van der Waals surface area contributed by atoms with Gasteiger partial charge in [-0.25, -0.2) is 4.98 Å². The molecule has 0 radical (unpaired) electrons. The number of carbonyl (C=O) groups is 1. The van der Waals surface area contributed by atoms with Crippen LogP contribution in [0.5, 0.6) is 0 Å². The first kappa shape index (κ1) is 10.8. The van der Waals surface area contributed by atoms with Gasteiger partial charge in [0.25, 0.3) is 5.91 Å². The molecule has 0 saturated carbocycles. The number of fused-ring (bicyclic) bond motifs is 1. The third-order valence-electron chi connectivity index (χ3n) is 3.91. The van der Waals surface area contributed by atoms with Crippen molar-refractivity contribution in [3.8, 4) is 0 Å². The minimum Gasteiger partial charge on any atom is -0.438 e. The number of rotatable bonds is 1. The Bertz CT molecular complexity index is 429. The molecule has 0 aliphatic carbocycles. The second kappa shape index (κ2) is 4.14. The summed E-state index contributed by atoms with van der Waals surface area (Å²) in [5.41, 5.74) is 0.687. The molecule has 2 aliphatic heterocycles. The van der Waals surface area contributed by atoms with E-state index in [2.05, 4.69) is 10.3 Å². The Hall–Kier alpha value is -1.36. The van der Waals surface area contributed by atoms with Crippen molar-refractivity contribution in [3.63, 3.8) is 0 Å². The number of nitrogens with one attached hydrogen (secondary N) is 1. The number of aryl methyl sites for hydroxylation is 1. The topological polar surface area (TPSA) is 58.4 Å². The minimum absolute atomic E-state index is 0.00870. The maximum Gasteiger partial charge on any atom is 0.291 e. The van der Waals surface area contributed by atoms with Crippen LogP contribution in [-0.4, -0.2) is 41.5 Å². The molecular weight excluding hydrogens is 218 g/mol. The normalized spacial score (nSPS) is 28.2. The first-order chi connectivity index (χ1) is 8.27. The van der Waals surface area contributed by atoms with Gasteiger partial charge in [0, 0.05) is 12.6 Å². The lowest BCUT2D eigenvalue weighted by atomic mass is 9.94. The highest BCUT2D eigenvalue weighted by Crippen LogP contribution is 2.30. The summed E-state index contributed by atoms with van der Waals surface area (Å²) in [7, 11) is 0. The molecule has 2 aliphatic rings. The number of nitrogens with zero attached hydrogens (tertiary/aromatic N) is 2. The number of carbonyl (C=O) groups excluding carboxylic acids is 1. The van der Waals surface area contributed by atoms with E-state index in [0.717, 1.165) is 32.5 Å². The van der Waals surface area contributed by atoms with Crippen molar-refractivity contribution in [2.24, 2.45) is 5.92 Å². The SMILES string of the molecule is Cc1ncoc1C(=O)N1CCC2CNCCC21. The predicted molar refractivity (Wildman–Crippen MR) is 61.7 cm³/mol. The third-order valence-corrected chi connectivity index (χ3v) is 3.91. The van der Waals surface area contributed by atoms with Crippen molar-refractivity contribution in [2.75, 3.05) is 19.6 Å². The molecule has 3 heterocycles. The number of oxazole rings is 1. The summed E-state index contributed by atoms with van der Waals surface area (Å²) < 4.78 is 5.20. The highest BCUT2D eigenvalue weighted by molar-refractivity contribution is 5.92. The molecule has 0 aromatic carbocycles. The van der Waals surface area contributed by atoms with Gasteiger partial charge < -0.3 is 14.6 Å². The van der Waals surface area contributed by atoms with Crippen LogP contribution >= 0.6 is 0 Å². The zero-order valence-corrected chi connectivity index (χ0v) is 9.98. The number of likely N-dealkylation sites (tertiary alicyclic amines) is 1. The maximum atomic E-state index is 12.4. The molecule has 5 heteroatoms. The van der Waals surface area contributed by atoms with Crippen LogP contribution in [0.1, 0.15) is 29.1 Å². The van der Waals surface area contributed by atoms with Crippen LogP contribution in [0.15, 0.2) is 10.8 Å². The molecule has 0 spiro atoms. The van der Waals surface area contributed by atoms with E-state index in [1.807, 2.05) is 11.8 Å². The molecule has 3 rings (SSSR count). The van der Waals surface area contributed by atoms with Gasteiger partial charge in [-0.15, -0.1) is 0 Å². The standard InChI is InChI=1S/C12H17N3O2/c1-8-11(17-7-14-8)12(16)15-5-3-9-6-13-4-2-10(9)15/h7,9-10,13H,2-6H2,1H3. The van der Waals surface area contributed by atoms with Crippen LogP contribution in [0, 0.1) is 12.8 Å². The van der Waals surface area contributed by atoms with Crippen molar-refractivity contribution >= 4 is 5.91 Å². The van der Waals surface area contributed by atoms with E-state index in [0.29, 0.717) is 23.4 Å². The van der Waals surface area contributed by atoms with Gasteiger partial charge in [0.15, 0.2) is 6.39 Å². The molecule has 92 valence electrons. The van der Waals surface area contributed by atoms with Crippen molar-refractivity contribution < 1.29 is 9.21 Å². The molecule has 1 N–H and O–H groups in total. The number of amides is 1. The smallest absolute Gasteiger partial charge is 0.291 e. The summed E-state index contributed by atoms with van der Waals surface area (Å²) in [6.45, 7) is 4.69. The summed E-state index contributed by atoms with van der Waals surface area (Å²) in [6, 6.07) is 0.383. The van der Waals surface area contributed by atoms with Gasteiger partial charge in [-0.2, -0.15) is 0 Å². The van der Waals surface area contributed by atoms with E-state index >= 15 is 0 Å². The highest BCUT2D eigenvalue weighted by atomic mass is 16.3. The van der Waals surface area contributed by atoms with Crippen LogP contribution < -0.4 is 5.32 Å². The molecule has 1 aromatic heterocycles. The average Bonchev–Trinajstić information content (AvgIpc) is 2.94. The minimum atomic E-state index is 0.00870. The Morgan fingerprint density at radius 2 is 2.47 bits per heavy atom. The lowest BCUT2D eigenvalue weighted by Crippen LogP contribution is -2.45. The molecule has 2 atom stereocenters. The zero-order chi connectivity index (χ0) is 11.8. The Morgan fingerprint density at radius 3 is 3.24 bits per heavy atom. The lowest BCUT2D eigenvalue weighted by molar-refractivity contribution is 0.0664. The van der Waals surface area contributed by atoms with Crippen LogP contribution in [0.4, 0.5) is 0 Å². The van der Waals surface area contributed by atoms with E-state index in [-0.39, 0.29) is 5.91 Å². The molecule has 0 bridgehead atoms. The Balaban J connectivity index is 1.81. The number of aromatic nitrogens is 1. The van der Waals surface area contributed by atoms with Crippen molar-refractivity contribution in [2.45, 2.75) is 25.8 Å². The molecule has 2 saturated heterocycles. The van der Waals surface area contributed by atoms with Gasteiger partial charge in [-0.1, -0.05) is 0 Å². The van der Waals surface area contributed by atoms with Crippen molar-refractivity contribution in [3.05, 3.63) is 17.8 Å². The van der Waals surface area contributed by atoms with Crippen LogP contribution in [-0.2, 0) is 0 Å². The molecule has 2 unspecified atom stereocenters. The van der Waals surface area contributed by atoms with E-state index < -0.39 is 0 Å². The quantitative estimate of drug-likeness (QED) is 0.782. The predicted octanol–water partition coefficient (Wildman–Crippen LogP) is 0.807. The largest absolute Gasteiger partial charge is 0.438 e. The highest BCUT2D eigenvalue weighted by Gasteiger charge is 2.39. The van der Waals surface area contributed by atoms with Crippen molar-refractivity contribution in [1.82, 2.24) is 15.2 Å². The fraction of sp³-hybridized carbons (Fsp3) is 0.667. The Kier molecular flexibility index (Phi) is 2.63. The molecule has 1 aromatic rings. The Morgan fingerprint density at radius 1 is 1.59 bits per heavy atom. The van der Waals surface area contributed by atoms with Gasteiger partial charge >= 0.3 is 0 Å². The van der Waals surface area contributed by atoms with Gasteiger partial charge in [0.1, 0.15) is 0 Å². The summed E-state index contributed by atoms with van der Waals surface area (Å²) >= 11 is 0. The van der Waals surface area contributed by atoms with Crippen LogP contribution in [0.3, 0.4) is 0 Å². The number of hydrogen-bond donors (Lipinski definition) is 1. The number of piperidine rings is 1. The maximum absolute atomic E-state index is 12.4. The molecule has 17 heavy (non-hydrogen) atoms.